The molecule has 1 N–H and O–H groups in total. The SMILES string of the molecule is COCCNCc1cc(Br)ccc1-n1ccnc1. The van der Waals surface area contributed by atoms with Crippen LogP contribution in [0.15, 0.2) is 41.4 Å². The molecular weight excluding hydrogens is 294 g/mol. The summed E-state index contributed by atoms with van der Waals surface area (Å²) in [5, 5.41) is 3.35. The van der Waals surface area contributed by atoms with Gasteiger partial charge >= 0.3 is 0 Å². The maximum Gasteiger partial charge on any atom is 0.0991 e. The molecule has 1 aromatic heterocycles. The van der Waals surface area contributed by atoms with Crippen molar-refractivity contribution in [2.45, 2.75) is 6.54 Å². The molecule has 0 atom stereocenters. The summed E-state index contributed by atoms with van der Waals surface area (Å²) >= 11 is 3.50. The van der Waals surface area contributed by atoms with Gasteiger partial charge in [0.1, 0.15) is 0 Å². The normalized spacial score (nSPS) is 10.8. The molecule has 0 spiro atoms. The lowest BCUT2D eigenvalue weighted by Crippen LogP contribution is -2.19. The molecule has 0 aliphatic heterocycles. The van der Waals surface area contributed by atoms with Crippen LogP contribution in [0.3, 0.4) is 0 Å². The number of nitrogens with one attached hydrogen (secondary N) is 1. The number of halogens is 1. The molecule has 18 heavy (non-hydrogen) atoms. The zero-order valence-corrected chi connectivity index (χ0v) is 11.9. The van der Waals surface area contributed by atoms with Crippen molar-refractivity contribution in [2.24, 2.45) is 0 Å². The average molecular weight is 310 g/mol. The Bertz CT molecular complexity index is 485. The topological polar surface area (TPSA) is 39.1 Å². The number of hydrogen-bond donors (Lipinski definition) is 1. The summed E-state index contributed by atoms with van der Waals surface area (Å²) in [6.45, 7) is 2.36. The van der Waals surface area contributed by atoms with Gasteiger partial charge in [-0.3, -0.25) is 0 Å². The Labute approximate surface area is 115 Å². The largest absolute Gasteiger partial charge is 0.383 e. The second kappa shape index (κ2) is 6.68. The Morgan fingerprint density at radius 1 is 1.44 bits per heavy atom. The van der Waals surface area contributed by atoms with Gasteiger partial charge in [0.15, 0.2) is 0 Å². The molecule has 96 valence electrons. The number of ether oxygens (including phenoxy) is 1. The second-order valence-corrected chi connectivity index (χ2v) is 4.83. The summed E-state index contributed by atoms with van der Waals surface area (Å²) < 4.78 is 8.11. The minimum Gasteiger partial charge on any atom is -0.383 e. The Hall–Kier alpha value is -1.17. The smallest absolute Gasteiger partial charge is 0.0991 e. The zero-order valence-electron chi connectivity index (χ0n) is 10.3. The molecule has 5 heteroatoms. The third-order valence-electron chi connectivity index (χ3n) is 2.62. The highest BCUT2D eigenvalue weighted by atomic mass is 79.9. The zero-order chi connectivity index (χ0) is 12.8. The molecule has 2 aromatic rings. The van der Waals surface area contributed by atoms with Gasteiger partial charge in [-0.15, -0.1) is 0 Å². The monoisotopic (exact) mass is 309 g/mol. The Balaban J connectivity index is 2.14. The van der Waals surface area contributed by atoms with E-state index in [4.69, 9.17) is 4.74 Å². The first-order valence-corrected chi connectivity index (χ1v) is 6.57. The van der Waals surface area contributed by atoms with Crippen LogP contribution in [0.4, 0.5) is 0 Å². The molecule has 0 aliphatic carbocycles. The predicted molar refractivity (Wildman–Crippen MR) is 74.8 cm³/mol. The summed E-state index contributed by atoms with van der Waals surface area (Å²) in [6.07, 6.45) is 5.54. The molecule has 1 aromatic carbocycles. The van der Waals surface area contributed by atoms with Crippen molar-refractivity contribution in [1.82, 2.24) is 14.9 Å². The Kier molecular flexibility index (Phi) is 4.92. The fourth-order valence-corrected chi connectivity index (χ4v) is 2.15. The summed E-state index contributed by atoms with van der Waals surface area (Å²) in [6, 6.07) is 6.24. The van der Waals surface area contributed by atoms with E-state index in [1.807, 2.05) is 23.2 Å². The van der Waals surface area contributed by atoms with Crippen molar-refractivity contribution < 1.29 is 4.74 Å². The average Bonchev–Trinajstić information content (AvgIpc) is 2.88. The van der Waals surface area contributed by atoms with Crippen LogP contribution in [0.2, 0.25) is 0 Å². The minimum absolute atomic E-state index is 0.717. The van der Waals surface area contributed by atoms with Gasteiger partial charge in [0.2, 0.25) is 0 Å². The van der Waals surface area contributed by atoms with Gasteiger partial charge in [0.25, 0.3) is 0 Å². The van der Waals surface area contributed by atoms with E-state index in [1.54, 1.807) is 13.3 Å². The van der Waals surface area contributed by atoms with Crippen LogP contribution in [0, 0.1) is 0 Å². The van der Waals surface area contributed by atoms with Gasteiger partial charge in [0.05, 0.1) is 18.6 Å². The highest BCUT2D eigenvalue weighted by Crippen LogP contribution is 2.20. The molecule has 0 saturated carbocycles. The van der Waals surface area contributed by atoms with Crippen LogP contribution < -0.4 is 5.32 Å². The van der Waals surface area contributed by atoms with Crippen LogP contribution in [-0.4, -0.2) is 29.8 Å². The van der Waals surface area contributed by atoms with Crippen molar-refractivity contribution >= 4 is 15.9 Å². The molecular formula is C13H16BrN3O. The van der Waals surface area contributed by atoms with E-state index in [1.165, 1.54) is 5.56 Å². The predicted octanol–water partition coefficient (Wildman–Crippen LogP) is 2.37. The minimum atomic E-state index is 0.717. The van der Waals surface area contributed by atoms with Crippen LogP contribution in [0.25, 0.3) is 5.69 Å². The number of benzene rings is 1. The van der Waals surface area contributed by atoms with Crippen LogP contribution >= 0.6 is 15.9 Å². The van der Waals surface area contributed by atoms with Crippen molar-refractivity contribution in [3.05, 3.63) is 47.0 Å². The fourth-order valence-electron chi connectivity index (χ4n) is 1.75. The van der Waals surface area contributed by atoms with Gasteiger partial charge in [-0.2, -0.15) is 0 Å². The molecule has 1 heterocycles. The summed E-state index contributed by atoms with van der Waals surface area (Å²) in [5.41, 5.74) is 2.36. The molecule has 0 saturated heterocycles. The number of hydrogen-bond acceptors (Lipinski definition) is 3. The van der Waals surface area contributed by atoms with Crippen molar-refractivity contribution in [3.63, 3.8) is 0 Å². The first-order chi connectivity index (χ1) is 8.81. The van der Waals surface area contributed by atoms with E-state index in [-0.39, 0.29) is 0 Å². The van der Waals surface area contributed by atoms with Gasteiger partial charge in [-0.25, -0.2) is 4.98 Å². The van der Waals surface area contributed by atoms with Gasteiger partial charge in [-0.1, -0.05) is 15.9 Å². The molecule has 0 amide bonds. The molecule has 2 rings (SSSR count). The highest BCUT2D eigenvalue weighted by molar-refractivity contribution is 9.10. The van der Waals surface area contributed by atoms with Crippen molar-refractivity contribution in [3.8, 4) is 5.69 Å². The maximum atomic E-state index is 5.02. The number of imidazole rings is 1. The van der Waals surface area contributed by atoms with Crippen molar-refractivity contribution in [1.29, 1.82) is 0 Å². The van der Waals surface area contributed by atoms with E-state index in [0.717, 1.165) is 23.2 Å². The van der Waals surface area contributed by atoms with Crippen LogP contribution in [-0.2, 0) is 11.3 Å². The second-order valence-electron chi connectivity index (χ2n) is 3.91. The van der Waals surface area contributed by atoms with E-state index in [9.17, 15) is 0 Å². The number of aromatic nitrogens is 2. The van der Waals surface area contributed by atoms with E-state index in [0.29, 0.717) is 6.61 Å². The first kappa shape index (κ1) is 13.3. The van der Waals surface area contributed by atoms with E-state index in [2.05, 4.69) is 38.4 Å². The van der Waals surface area contributed by atoms with Gasteiger partial charge < -0.3 is 14.6 Å². The first-order valence-electron chi connectivity index (χ1n) is 5.77. The quantitative estimate of drug-likeness (QED) is 0.833. The Morgan fingerprint density at radius 2 is 2.33 bits per heavy atom. The van der Waals surface area contributed by atoms with Gasteiger partial charge in [0, 0.05) is 37.1 Å². The van der Waals surface area contributed by atoms with Gasteiger partial charge in [-0.05, 0) is 23.8 Å². The summed E-state index contributed by atoms with van der Waals surface area (Å²) in [7, 11) is 1.71. The van der Waals surface area contributed by atoms with Crippen molar-refractivity contribution in [2.75, 3.05) is 20.3 Å². The molecule has 0 aliphatic rings. The number of rotatable bonds is 6. The molecule has 0 unspecified atom stereocenters. The molecule has 0 radical (unpaired) electrons. The standard InChI is InChI=1S/C13H16BrN3O/c1-18-7-5-15-9-11-8-12(14)2-3-13(11)17-6-4-16-10-17/h2-4,6,8,10,15H,5,7,9H2,1H3. The van der Waals surface area contributed by atoms with E-state index < -0.39 is 0 Å². The summed E-state index contributed by atoms with van der Waals surface area (Å²) in [4.78, 5) is 4.08. The highest BCUT2D eigenvalue weighted by Gasteiger charge is 2.04. The molecule has 4 nitrogen and oxygen atoms in total. The summed E-state index contributed by atoms with van der Waals surface area (Å²) in [5.74, 6) is 0. The third kappa shape index (κ3) is 3.41. The van der Waals surface area contributed by atoms with Crippen LogP contribution in [0.5, 0.6) is 0 Å². The maximum absolute atomic E-state index is 5.02. The number of methoxy groups -OCH3 is 1. The van der Waals surface area contributed by atoms with E-state index >= 15 is 0 Å². The lowest BCUT2D eigenvalue weighted by atomic mass is 10.1. The number of nitrogens with zero attached hydrogens (tertiary/aromatic N) is 2. The molecule has 0 bridgehead atoms. The van der Waals surface area contributed by atoms with Crippen LogP contribution in [0.1, 0.15) is 5.56 Å². The Morgan fingerprint density at radius 3 is 3.06 bits per heavy atom. The molecule has 0 fully saturated rings. The lowest BCUT2D eigenvalue weighted by Gasteiger charge is -2.11. The lowest BCUT2D eigenvalue weighted by molar-refractivity contribution is 0.199. The third-order valence-corrected chi connectivity index (χ3v) is 3.12. The fraction of sp³-hybridized carbons (Fsp3) is 0.308.